The Kier molecular flexibility index (Phi) is 6.16. The van der Waals surface area contributed by atoms with E-state index in [4.69, 9.17) is 0 Å². The quantitative estimate of drug-likeness (QED) is 0.410. The lowest BCUT2D eigenvalue weighted by Gasteiger charge is -2.35. The topological polar surface area (TPSA) is 63.5 Å². The molecular weight excluding hydrogens is 360 g/mol. The van der Waals surface area contributed by atoms with Crippen molar-refractivity contribution in [2.45, 2.75) is 43.5 Å². The van der Waals surface area contributed by atoms with E-state index in [2.05, 4.69) is 12.1 Å². The molecular formula is C21H24N2O3S. The molecule has 1 amide bonds. The molecule has 0 radical (unpaired) electrons. The molecule has 0 spiro atoms. The molecule has 27 heavy (non-hydrogen) atoms. The number of carbonyl (C=O) groups excluding carboxylic acids is 1. The van der Waals surface area contributed by atoms with Crippen LogP contribution in [-0.2, 0) is 12.8 Å². The van der Waals surface area contributed by atoms with Gasteiger partial charge in [-0.15, -0.1) is 11.8 Å². The number of hydrogen-bond donors (Lipinski definition) is 0. The Balaban J connectivity index is 1.94. The first-order chi connectivity index (χ1) is 13.0. The Morgan fingerprint density at radius 2 is 2.00 bits per heavy atom. The molecule has 5 nitrogen and oxygen atoms in total. The van der Waals surface area contributed by atoms with Gasteiger partial charge in [0, 0.05) is 23.5 Å². The monoisotopic (exact) mass is 384 g/mol. The van der Waals surface area contributed by atoms with Crippen molar-refractivity contribution in [3.63, 3.8) is 0 Å². The number of aryl methyl sites for hydroxylation is 1. The Labute approximate surface area is 163 Å². The predicted octanol–water partition coefficient (Wildman–Crippen LogP) is 4.73. The van der Waals surface area contributed by atoms with Crippen LogP contribution in [0.15, 0.2) is 47.4 Å². The van der Waals surface area contributed by atoms with Gasteiger partial charge >= 0.3 is 0 Å². The Bertz CT molecular complexity index is 853. The zero-order valence-corrected chi connectivity index (χ0v) is 16.5. The summed E-state index contributed by atoms with van der Waals surface area (Å²) in [6.07, 6.45) is 5.34. The highest BCUT2D eigenvalue weighted by Gasteiger charge is 2.31. The van der Waals surface area contributed by atoms with Gasteiger partial charge in [-0.1, -0.05) is 31.2 Å². The minimum absolute atomic E-state index is 0.0740. The number of benzene rings is 2. The minimum atomic E-state index is -0.461. The van der Waals surface area contributed by atoms with E-state index >= 15 is 0 Å². The van der Waals surface area contributed by atoms with E-state index in [0.717, 1.165) is 30.6 Å². The SMILES string of the molecule is CCCN(C(=O)c1cc(SC)ccc1[N+](=O)[O-])C1CCc2ccccc2C1. The first-order valence-corrected chi connectivity index (χ1v) is 10.5. The first kappa shape index (κ1) is 19.4. The normalized spacial score (nSPS) is 15.9. The lowest BCUT2D eigenvalue weighted by molar-refractivity contribution is -0.385. The highest BCUT2D eigenvalue weighted by atomic mass is 32.2. The first-order valence-electron chi connectivity index (χ1n) is 9.25. The lowest BCUT2D eigenvalue weighted by atomic mass is 9.87. The molecule has 2 aromatic rings. The lowest BCUT2D eigenvalue weighted by Crippen LogP contribution is -2.44. The maximum atomic E-state index is 13.4. The number of nitro groups is 1. The largest absolute Gasteiger partial charge is 0.335 e. The van der Waals surface area contributed by atoms with Crippen molar-refractivity contribution in [2.24, 2.45) is 0 Å². The number of nitro benzene ring substituents is 1. The van der Waals surface area contributed by atoms with Gasteiger partial charge in [-0.3, -0.25) is 14.9 Å². The van der Waals surface area contributed by atoms with Crippen LogP contribution in [0.25, 0.3) is 0 Å². The van der Waals surface area contributed by atoms with Crippen molar-refractivity contribution in [3.05, 3.63) is 69.3 Å². The number of thioether (sulfide) groups is 1. The fraction of sp³-hybridized carbons (Fsp3) is 0.381. The van der Waals surface area contributed by atoms with E-state index < -0.39 is 4.92 Å². The molecule has 0 aromatic heterocycles. The van der Waals surface area contributed by atoms with Crippen LogP contribution in [0.3, 0.4) is 0 Å². The predicted molar refractivity (Wildman–Crippen MR) is 108 cm³/mol. The fourth-order valence-corrected chi connectivity index (χ4v) is 4.20. The maximum absolute atomic E-state index is 13.4. The second-order valence-electron chi connectivity index (χ2n) is 6.80. The van der Waals surface area contributed by atoms with Gasteiger partial charge in [-0.05, 0) is 55.2 Å². The van der Waals surface area contributed by atoms with Crippen LogP contribution in [0.4, 0.5) is 5.69 Å². The van der Waals surface area contributed by atoms with Crippen LogP contribution in [0.1, 0.15) is 41.3 Å². The molecule has 0 saturated heterocycles. The summed E-state index contributed by atoms with van der Waals surface area (Å²) >= 11 is 1.48. The van der Waals surface area contributed by atoms with Crippen molar-refractivity contribution in [1.29, 1.82) is 0 Å². The van der Waals surface area contributed by atoms with Gasteiger partial charge in [0.25, 0.3) is 11.6 Å². The van der Waals surface area contributed by atoms with E-state index in [9.17, 15) is 14.9 Å². The van der Waals surface area contributed by atoms with Crippen LogP contribution < -0.4 is 0 Å². The van der Waals surface area contributed by atoms with Crippen molar-refractivity contribution in [1.82, 2.24) is 4.90 Å². The van der Waals surface area contributed by atoms with Gasteiger partial charge < -0.3 is 4.90 Å². The van der Waals surface area contributed by atoms with Crippen LogP contribution >= 0.6 is 11.8 Å². The molecule has 2 aromatic carbocycles. The second-order valence-corrected chi connectivity index (χ2v) is 7.68. The third-order valence-electron chi connectivity index (χ3n) is 5.12. The summed E-state index contributed by atoms with van der Waals surface area (Å²) in [5, 5.41) is 11.5. The van der Waals surface area contributed by atoms with Crippen molar-refractivity contribution >= 4 is 23.4 Å². The highest BCUT2D eigenvalue weighted by Crippen LogP contribution is 2.30. The standard InChI is InChI=1S/C21H24N2O3S/c1-3-12-22(17-9-8-15-6-4-5-7-16(15)13-17)21(24)19-14-18(27-2)10-11-20(19)23(25)26/h4-7,10-11,14,17H,3,8-9,12-13H2,1-2H3. The van der Waals surface area contributed by atoms with E-state index in [0.29, 0.717) is 6.54 Å². The highest BCUT2D eigenvalue weighted by molar-refractivity contribution is 7.98. The van der Waals surface area contributed by atoms with Gasteiger partial charge in [-0.2, -0.15) is 0 Å². The third kappa shape index (κ3) is 4.16. The molecule has 0 saturated carbocycles. The number of fused-ring (bicyclic) bond motifs is 1. The summed E-state index contributed by atoms with van der Waals surface area (Å²) in [7, 11) is 0. The molecule has 142 valence electrons. The average Bonchev–Trinajstić information content (AvgIpc) is 2.70. The van der Waals surface area contributed by atoms with Gasteiger partial charge in [0.1, 0.15) is 5.56 Å². The van der Waals surface area contributed by atoms with Crippen LogP contribution in [-0.4, -0.2) is 34.6 Å². The number of hydrogen-bond acceptors (Lipinski definition) is 4. The summed E-state index contributed by atoms with van der Waals surface area (Å²) in [5.74, 6) is -0.233. The molecule has 0 bridgehead atoms. The Hall–Kier alpha value is -2.34. The van der Waals surface area contributed by atoms with E-state index in [-0.39, 0.29) is 23.2 Å². The number of nitrogens with zero attached hydrogens (tertiary/aromatic N) is 2. The Morgan fingerprint density at radius 3 is 2.67 bits per heavy atom. The summed E-state index contributed by atoms with van der Waals surface area (Å²) in [6, 6.07) is 13.2. The number of rotatable bonds is 6. The molecule has 0 heterocycles. The molecule has 1 aliphatic carbocycles. The molecule has 0 aliphatic heterocycles. The van der Waals surface area contributed by atoms with Gasteiger partial charge in [-0.25, -0.2) is 0 Å². The molecule has 1 aliphatic rings. The average molecular weight is 385 g/mol. The molecule has 1 unspecified atom stereocenters. The Morgan fingerprint density at radius 1 is 1.26 bits per heavy atom. The molecule has 1 atom stereocenters. The number of carbonyl (C=O) groups is 1. The minimum Gasteiger partial charge on any atom is -0.335 e. The van der Waals surface area contributed by atoms with Crippen LogP contribution in [0, 0.1) is 10.1 Å². The second kappa shape index (κ2) is 8.57. The van der Waals surface area contributed by atoms with Gasteiger partial charge in [0.2, 0.25) is 0 Å². The zero-order chi connectivity index (χ0) is 19.4. The third-order valence-corrected chi connectivity index (χ3v) is 5.84. The van der Waals surface area contributed by atoms with E-state index in [1.165, 1.54) is 29.0 Å². The molecule has 6 heteroatoms. The van der Waals surface area contributed by atoms with Crippen molar-refractivity contribution in [3.8, 4) is 0 Å². The zero-order valence-electron chi connectivity index (χ0n) is 15.7. The van der Waals surface area contributed by atoms with Gasteiger partial charge in [0.15, 0.2) is 0 Å². The molecule has 0 N–H and O–H groups in total. The van der Waals surface area contributed by atoms with Crippen molar-refractivity contribution in [2.75, 3.05) is 12.8 Å². The van der Waals surface area contributed by atoms with Crippen LogP contribution in [0.2, 0.25) is 0 Å². The van der Waals surface area contributed by atoms with E-state index in [1.54, 1.807) is 12.1 Å². The van der Waals surface area contributed by atoms with Crippen LogP contribution in [0.5, 0.6) is 0 Å². The van der Waals surface area contributed by atoms with Gasteiger partial charge in [0.05, 0.1) is 4.92 Å². The summed E-state index contributed by atoms with van der Waals surface area (Å²) in [6.45, 7) is 2.64. The molecule has 0 fully saturated rings. The number of amides is 1. The molecule has 3 rings (SSSR count). The maximum Gasteiger partial charge on any atom is 0.282 e. The summed E-state index contributed by atoms with van der Waals surface area (Å²) < 4.78 is 0. The summed E-state index contributed by atoms with van der Waals surface area (Å²) in [4.78, 5) is 27.1. The van der Waals surface area contributed by atoms with E-state index in [1.807, 2.05) is 30.2 Å². The summed E-state index contributed by atoms with van der Waals surface area (Å²) in [5.41, 5.74) is 2.69. The fourth-order valence-electron chi connectivity index (χ4n) is 3.76. The smallest absolute Gasteiger partial charge is 0.282 e. The van der Waals surface area contributed by atoms with Crippen molar-refractivity contribution < 1.29 is 9.72 Å².